The number of alkyl carbamates (subject to hydrolysis) is 1. The van der Waals surface area contributed by atoms with Gasteiger partial charge in [-0.05, 0) is 72.7 Å². The number of ether oxygens (including phenoxy) is 4. The SMILES string of the molecule is Cc1cc(S(=O)(=O)N(CC(C)C)C[C@@H](O)[C@H](Cc2ccc(OCc3ccccc3)cc2)NC(=O)OC2COC3OCCC23)ccc1O. The maximum atomic E-state index is 13.8. The Labute approximate surface area is 276 Å². The van der Waals surface area contributed by atoms with Crippen molar-refractivity contribution in [2.24, 2.45) is 11.8 Å². The Morgan fingerprint density at radius 1 is 1.02 bits per heavy atom. The molecule has 0 spiro atoms. The Morgan fingerprint density at radius 3 is 2.47 bits per heavy atom. The molecule has 2 aliphatic rings. The summed E-state index contributed by atoms with van der Waals surface area (Å²) in [6.07, 6.45) is -2.01. The topological polar surface area (TPSA) is 144 Å². The van der Waals surface area contributed by atoms with E-state index in [1.54, 1.807) is 6.92 Å². The van der Waals surface area contributed by atoms with Crippen LogP contribution in [0.2, 0.25) is 0 Å². The number of aromatic hydroxyl groups is 1. The fraction of sp³-hybridized carbons (Fsp3) is 0.457. The summed E-state index contributed by atoms with van der Waals surface area (Å²) in [6.45, 7) is 6.39. The number of rotatable bonds is 14. The fourth-order valence-electron chi connectivity index (χ4n) is 5.82. The summed E-state index contributed by atoms with van der Waals surface area (Å²) in [7, 11) is -4.06. The van der Waals surface area contributed by atoms with Crippen LogP contribution < -0.4 is 10.1 Å². The molecule has 47 heavy (non-hydrogen) atoms. The van der Waals surface area contributed by atoms with Crippen molar-refractivity contribution in [1.29, 1.82) is 0 Å². The Kier molecular flexibility index (Phi) is 11.4. The third-order valence-corrected chi connectivity index (χ3v) is 10.2. The van der Waals surface area contributed by atoms with E-state index in [4.69, 9.17) is 18.9 Å². The van der Waals surface area contributed by atoms with Gasteiger partial charge in [0.05, 0.1) is 36.2 Å². The molecule has 12 heteroatoms. The number of aryl methyl sites for hydroxylation is 1. The summed E-state index contributed by atoms with van der Waals surface area (Å²) in [4.78, 5) is 13.2. The van der Waals surface area contributed by atoms with Gasteiger partial charge in [-0.3, -0.25) is 0 Å². The zero-order valence-corrected chi connectivity index (χ0v) is 27.8. The second-order valence-electron chi connectivity index (χ2n) is 12.6. The van der Waals surface area contributed by atoms with Gasteiger partial charge in [-0.15, -0.1) is 0 Å². The van der Waals surface area contributed by atoms with Crippen LogP contribution in [0.5, 0.6) is 11.5 Å². The quantitative estimate of drug-likeness (QED) is 0.228. The second-order valence-corrected chi connectivity index (χ2v) is 14.5. The minimum atomic E-state index is -4.06. The number of carbonyl (C=O) groups is 1. The largest absolute Gasteiger partial charge is 0.508 e. The van der Waals surface area contributed by atoms with E-state index < -0.39 is 40.7 Å². The first kappa shape index (κ1) is 34.6. The lowest BCUT2D eigenvalue weighted by molar-refractivity contribution is -0.0907. The lowest BCUT2D eigenvalue weighted by atomic mass is 10.0. The third-order valence-electron chi connectivity index (χ3n) is 8.40. The molecule has 0 radical (unpaired) electrons. The molecule has 3 N–H and O–H groups in total. The van der Waals surface area contributed by atoms with Gasteiger partial charge in [0.25, 0.3) is 0 Å². The highest BCUT2D eigenvalue weighted by Gasteiger charge is 2.44. The molecule has 1 amide bonds. The summed E-state index contributed by atoms with van der Waals surface area (Å²) >= 11 is 0. The average Bonchev–Trinajstić information content (AvgIpc) is 3.67. The highest BCUT2D eigenvalue weighted by Crippen LogP contribution is 2.33. The fourth-order valence-corrected chi connectivity index (χ4v) is 7.53. The van der Waals surface area contributed by atoms with Crippen molar-refractivity contribution >= 4 is 16.1 Å². The molecule has 254 valence electrons. The van der Waals surface area contributed by atoms with Gasteiger partial charge in [-0.1, -0.05) is 56.3 Å². The molecule has 5 rings (SSSR count). The van der Waals surface area contributed by atoms with Gasteiger partial charge in [-0.25, -0.2) is 13.2 Å². The number of amides is 1. The van der Waals surface area contributed by atoms with Gasteiger partial charge in [0.15, 0.2) is 6.29 Å². The molecule has 0 aromatic heterocycles. The summed E-state index contributed by atoms with van der Waals surface area (Å²) < 4.78 is 51.6. The molecule has 11 nitrogen and oxygen atoms in total. The predicted molar refractivity (Wildman–Crippen MR) is 174 cm³/mol. The van der Waals surface area contributed by atoms with Crippen LogP contribution in [0.3, 0.4) is 0 Å². The number of benzene rings is 3. The van der Waals surface area contributed by atoms with E-state index in [0.717, 1.165) is 11.1 Å². The van der Waals surface area contributed by atoms with Gasteiger partial charge < -0.3 is 34.5 Å². The molecule has 0 bridgehead atoms. The maximum Gasteiger partial charge on any atom is 0.407 e. The van der Waals surface area contributed by atoms with Crippen LogP contribution in [0, 0.1) is 18.8 Å². The minimum absolute atomic E-state index is 0.00484. The lowest BCUT2D eigenvalue weighted by Gasteiger charge is -2.31. The summed E-state index contributed by atoms with van der Waals surface area (Å²) in [5.74, 6) is 0.531. The van der Waals surface area contributed by atoms with Gasteiger partial charge in [0, 0.05) is 13.1 Å². The van der Waals surface area contributed by atoms with E-state index in [0.29, 0.717) is 30.9 Å². The van der Waals surface area contributed by atoms with Gasteiger partial charge in [0.1, 0.15) is 24.2 Å². The Hall–Kier alpha value is -3.68. The average molecular weight is 669 g/mol. The molecular formula is C35H44N2O9S. The van der Waals surface area contributed by atoms with Crippen molar-refractivity contribution in [3.05, 3.63) is 89.5 Å². The lowest BCUT2D eigenvalue weighted by Crippen LogP contribution is -2.51. The van der Waals surface area contributed by atoms with Gasteiger partial charge in [0.2, 0.25) is 10.0 Å². The van der Waals surface area contributed by atoms with Crippen molar-refractivity contribution in [2.75, 3.05) is 26.3 Å². The molecular weight excluding hydrogens is 624 g/mol. The van der Waals surface area contributed by atoms with Crippen LogP contribution in [-0.4, -0.2) is 79.9 Å². The van der Waals surface area contributed by atoms with Crippen molar-refractivity contribution in [3.8, 4) is 11.5 Å². The van der Waals surface area contributed by atoms with Crippen LogP contribution in [0.15, 0.2) is 77.7 Å². The molecule has 0 saturated carbocycles. The summed E-state index contributed by atoms with van der Waals surface area (Å²) in [5.41, 5.74) is 2.25. The van der Waals surface area contributed by atoms with E-state index in [9.17, 15) is 23.4 Å². The number of hydrogen-bond acceptors (Lipinski definition) is 9. The molecule has 2 fully saturated rings. The summed E-state index contributed by atoms with van der Waals surface area (Å²) in [6, 6.07) is 20.3. The Morgan fingerprint density at radius 2 is 1.77 bits per heavy atom. The smallest absolute Gasteiger partial charge is 0.407 e. The molecule has 0 aliphatic carbocycles. The van der Waals surface area contributed by atoms with Gasteiger partial charge >= 0.3 is 6.09 Å². The Balaban J connectivity index is 1.32. The zero-order valence-electron chi connectivity index (χ0n) is 26.9. The third kappa shape index (κ3) is 9.02. The highest BCUT2D eigenvalue weighted by molar-refractivity contribution is 7.89. The minimum Gasteiger partial charge on any atom is -0.508 e. The van der Waals surface area contributed by atoms with Crippen molar-refractivity contribution < 1.29 is 42.4 Å². The monoisotopic (exact) mass is 668 g/mol. The van der Waals surface area contributed by atoms with Crippen LogP contribution in [-0.2, 0) is 37.3 Å². The van der Waals surface area contributed by atoms with Gasteiger partial charge in [-0.2, -0.15) is 4.31 Å². The maximum absolute atomic E-state index is 13.8. The zero-order chi connectivity index (χ0) is 33.6. The van der Waals surface area contributed by atoms with E-state index in [1.165, 1.54) is 22.5 Å². The van der Waals surface area contributed by atoms with E-state index >= 15 is 0 Å². The molecule has 3 aromatic rings. The summed E-state index contributed by atoms with van der Waals surface area (Å²) in [5, 5.41) is 24.4. The number of aliphatic hydroxyl groups is 1. The molecule has 2 heterocycles. The number of nitrogens with one attached hydrogen (secondary N) is 1. The first-order valence-corrected chi connectivity index (χ1v) is 17.4. The number of nitrogens with zero attached hydrogens (tertiary/aromatic N) is 1. The van der Waals surface area contributed by atoms with Crippen LogP contribution in [0.1, 0.15) is 37.0 Å². The van der Waals surface area contributed by atoms with E-state index in [2.05, 4.69) is 5.32 Å². The first-order chi connectivity index (χ1) is 22.5. The van der Waals surface area contributed by atoms with Crippen LogP contribution >= 0.6 is 0 Å². The van der Waals surface area contributed by atoms with Crippen molar-refractivity contribution in [1.82, 2.24) is 9.62 Å². The first-order valence-electron chi connectivity index (χ1n) is 15.9. The highest BCUT2D eigenvalue weighted by atomic mass is 32.2. The molecule has 5 atom stereocenters. The van der Waals surface area contributed by atoms with Crippen LogP contribution in [0.4, 0.5) is 4.79 Å². The molecule has 2 saturated heterocycles. The number of phenols is 1. The second kappa shape index (κ2) is 15.5. The van der Waals surface area contributed by atoms with Crippen molar-refractivity contribution in [2.45, 2.75) is 69.7 Å². The normalized spacial score (nSPS) is 20.6. The molecule has 2 aliphatic heterocycles. The molecule has 3 aromatic carbocycles. The van der Waals surface area contributed by atoms with Crippen molar-refractivity contribution in [3.63, 3.8) is 0 Å². The number of aliphatic hydroxyl groups excluding tert-OH is 1. The predicted octanol–water partition coefficient (Wildman–Crippen LogP) is 4.39. The number of sulfonamides is 1. The standard InChI is InChI=1S/C35H44N2O9S/c1-23(2)19-37(47(41,42)28-13-14-31(38)24(3)17-28)20-32(39)30(36-35(40)46-33-22-45-34-29(33)15-16-43-34)18-25-9-11-27(12-10-25)44-21-26-7-5-4-6-8-26/h4-14,17,23,29-30,32-34,38-39H,15-16,18-22H2,1-3H3,(H,36,40)/t29?,30-,32+,33?,34?/m0/s1. The number of fused-ring (bicyclic) bond motifs is 1. The number of hydrogen-bond donors (Lipinski definition) is 3. The Bertz CT molecular complexity index is 1580. The molecule has 3 unspecified atom stereocenters. The van der Waals surface area contributed by atoms with E-state index in [1.807, 2.05) is 68.4 Å². The van der Waals surface area contributed by atoms with Crippen LogP contribution in [0.25, 0.3) is 0 Å². The number of phenolic OH excluding ortho intramolecular Hbond substituents is 1. The number of carbonyl (C=O) groups excluding carboxylic acids is 1. The van der Waals surface area contributed by atoms with E-state index in [-0.39, 0.29) is 48.6 Å².